The van der Waals surface area contributed by atoms with E-state index < -0.39 is 0 Å². The van der Waals surface area contributed by atoms with Crippen molar-refractivity contribution in [2.24, 2.45) is 0 Å². The number of hydrogen-bond donors (Lipinski definition) is 0. The van der Waals surface area contributed by atoms with Gasteiger partial charge in [-0.2, -0.15) is 0 Å². The van der Waals surface area contributed by atoms with E-state index in [0.29, 0.717) is 5.82 Å². The summed E-state index contributed by atoms with van der Waals surface area (Å²) in [5.41, 5.74) is 10.3. The van der Waals surface area contributed by atoms with Crippen LogP contribution in [0.4, 0.5) is 0 Å². The molecule has 3 heteroatoms. The van der Waals surface area contributed by atoms with Crippen LogP contribution in [0.1, 0.15) is 0 Å². The monoisotopic (exact) mass is 761 g/mol. The molecule has 0 bridgehead atoms. The molecule has 0 saturated carbocycles. The van der Waals surface area contributed by atoms with Gasteiger partial charge in [0.15, 0.2) is 5.82 Å². The standard InChI is InChI=1S/C57H35N3/c1-2-16-41-33-42(32-27-36(41)13-1)56-51-34-50(45-21-7-8-22-47(45)55(51)49-23-9-10-26-52(49)58-56)39-28-30-40(31-29-39)53-35-54(46-24-11-17-37-14-3-5-19-43(37)46)60-57(59-53)48-25-12-18-38-15-4-6-20-44(38)48/h1-35H. The molecule has 12 rings (SSSR count). The van der Waals surface area contributed by atoms with E-state index in [9.17, 15) is 0 Å². The lowest BCUT2D eigenvalue weighted by atomic mass is 9.89. The molecule has 0 aliphatic carbocycles. The van der Waals surface area contributed by atoms with Gasteiger partial charge in [0, 0.05) is 38.4 Å². The van der Waals surface area contributed by atoms with E-state index in [4.69, 9.17) is 15.0 Å². The third kappa shape index (κ3) is 5.63. The lowest BCUT2D eigenvalue weighted by Gasteiger charge is -2.17. The molecule has 0 fully saturated rings. The highest BCUT2D eigenvalue weighted by atomic mass is 14.9. The van der Waals surface area contributed by atoms with Crippen LogP contribution in [0.3, 0.4) is 0 Å². The molecule has 10 aromatic carbocycles. The minimum atomic E-state index is 0.706. The molecule has 0 radical (unpaired) electrons. The molecular weight excluding hydrogens is 727 g/mol. The van der Waals surface area contributed by atoms with Crippen molar-refractivity contribution in [2.75, 3.05) is 0 Å². The van der Waals surface area contributed by atoms with E-state index >= 15 is 0 Å². The summed E-state index contributed by atoms with van der Waals surface area (Å²) in [6, 6.07) is 75.7. The Hall–Kier alpha value is -8.01. The molecule has 60 heavy (non-hydrogen) atoms. The molecule has 2 aromatic heterocycles. The summed E-state index contributed by atoms with van der Waals surface area (Å²) in [6.45, 7) is 0. The average Bonchev–Trinajstić information content (AvgIpc) is 3.32. The fourth-order valence-electron chi connectivity index (χ4n) is 9.15. The Morgan fingerprint density at radius 3 is 1.58 bits per heavy atom. The SMILES string of the molecule is c1ccc2cc(-c3nc4ccccc4c4c3cc(-c3ccc(-c5cc(-c6cccc7ccccc67)nc(-c6cccc7ccccc67)n5)cc3)c3ccccc34)ccc2c1. The number of rotatable bonds is 5. The summed E-state index contributed by atoms with van der Waals surface area (Å²) in [5, 5.41) is 13.0. The van der Waals surface area contributed by atoms with Gasteiger partial charge in [-0.05, 0) is 78.5 Å². The zero-order valence-electron chi connectivity index (χ0n) is 32.5. The maximum Gasteiger partial charge on any atom is 0.161 e. The lowest BCUT2D eigenvalue weighted by molar-refractivity contribution is 1.19. The van der Waals surface area contributed by atoms with Crippen molar-refractivity contribution in [1.29, 1.82) is 0 Å². The van der Waals surface area contributed by atoms with Crippen LogP contribution in [0.15, 0.2) is 212 Å². The van der Waals surface area contributed by atoms with Gasteiger partial charge < -0.3 is 0 Å². The smallest absolute Gasteiger partial charge is 0.161 e. The number of aromatic nitrogens is 3. The fourth-order valence-corrected chi connectivity index (χ4v) is 9.15. The number of fused-ring (bicyclic) bond motifs is 8. The third-order valence-electron chi connectivity index (χ3n) is 12.0. The largest absolute Gasteiger partial charge is 0.247 e. The van der Waals surface area contributed by atoms with Gasteiger partial charge in [-0.1, -0.05) is 188 Å². The van der Waals surface area contributed by atoms with E-state index in [1.165, 1.54) is 37.9 Å². The van der Waals surface area contributed by atoms with Crippen molar-refractivity contribution in [2.45, 2.75) is 0 Å². The molecule has 3 nitrogen and oxygen atoms in total. The van der Waals surface area contributed by atoms with Gasteiger partial charge in [0.2, 0.25) is 0 Å². The highest BCUT2D eigenvalue weighted by molar-refractivity contribution is 6.25. The third-order valence-corrected chi connectivity index (χ3v) is 12.0. The molecule has 2 heterocycles. The minimum Gasteiger partial charge on any atom is -0.247 e. The molecular formula is C57H35N3. The first-order chi connectivity index (χ1) is 29.7. The van der Waals surface area contributed by atoms with Crippen LogP contribution >= 0.6 is 0 Å². The van der Waals surface area contributed by atoms with Crippen LogP contribution < -0.4 is 0 Å². The van der Waals surface area contributed by atoms with Crippen molar-refractivity contribution in [3.05, 3.63) is 212 Å². The quantitative estimate of drug-likeness (QED) is 0.164. The van der Waals surface area contributed by atoms with Crippen LogP contribution in [0.25, 0.3) is 121 Å². The van der Waals surface area contributed by atoms with E-state index in [1.54, 1.807) is 0 Å². The predicted molar refractivity (Wildman–Crippen MR) is 252 cm³/mol. The van der Waals surface area contributed by atoms with Gasteiger partial charge in [0.05, 0.1) is 22.6 Å². The molecule has 278 valence electrons. The van der Waals surface area contributed by atoms with Crippen molar-refractivity contribution in [3.63, 3.8) is 0 Å². The van der Waals surface area contributed by atoms with E-state index in [2.05, 4.69) is 212 Å². The minimum absolute atomic E-state index is 0.706. The first kappa shape index (κ1) is 34.1. The molecule has 0 aliphatic heterocycles. The normalized spacial score (nSPS) is 11.7. The number of benzene rings is 10. The van der Waals surface area contributed by atoms with Gasteiger partial charge >= 0.3 is 0 Å². The van der Waals surface area contributed by atoms with Gasteiger partial charge in [-0.15, -0.1) is 0 Å². The Morgan fingerprint density at radius 1 is 0.267 bits per heavy atom. The summed E-state index contributed by atoms with van der Waals surface area (Å²) < 4.78 is 0. The topological polar surface area (TPSA) is 38.7 Å². The van der Waals surface area contributed by atoms with E-state index in [0.717, 1.165) is 77.3 Å². The van der Waals surface area contributed by atoms with Crippen LogP contribution in [-0.4, -0.2) is 15.0 Å². The van der Waals surface area contributed by atoms with Crippen molar-refractivity contribution in [3.8, 4) is 56.3 Å². The Labute approximate surface area is 346 Å². The van der Waals surface area contributed by atoms with Crippen molar-refractivity contribution < 1.29 is 0 Å². The molecule has 0 spiro atoms. The van der Waals surface area contributed by atoms with Crippen LogP contribution in [0.5, 0.6) is 0 Å². The van der Waals surface area contributed by atoms with Crippen LogP contribution in [-0.2, 0) is 0 Å². The molecule has 0 N–H and O–H groups in total. The second-order valence-corrected chi connectivity index (χ2v) is 15.5. The number of hydrogen-bond acceptors (Lipinski definition) is 3. The maximum atomic E-state index is 5.37. The van der Waals surface area contributed by atoms with Gasteiger partial charge in [-0.25, -0.2) is 15.0 Å². The molecule has 0 saturated heterocycles. The first-order valence-corrected chi connectivity index (χ1v) is 20.4. The van der Waals surface area contributed by atoms with Crippen LogP contribution in [0, 0.1) is 0 Å². The highest BCUT2D eigenvalue weighted by Gasteiger charge is 2.18. The zero-order chi connectivity index (χ0) is 39.6. The van der Waals surface area contributed by atoms with Crippen LogP contribution in [0.2, 0.25) is 0 Å². The second kappa shape index (κ2) is 13.8. The Morgan fingerprint density at radius 2 is 0.817 bits per heavy atom. The number of pyridine rings is 1. The predicted octanol–water partition coefficient (Wildman–Crippen LogP) is 15.1. The van der Waals surface area contributed by atoms with Gasteiger partial charge in [-0.3, -0.25) is 0 Å². The van der Waals surface area contributed by atoms with Gasteiger partial charge in [0.25, 0.3) is 0 Å². The molecule has 0 aliphatic rings. The molecule has 0 atom stereocenters. The average molecular weight is 762 g/mol. The Kier molecular flexibility index (Phi) is 7.85. The van der Waals surface area contributed by atoms with E-state index in [1.807, 2.05) is 0 Å². The lowest BCUT2D eigenvalue weighted by Crippen LogP contribution is -1.97. The van der Waals surface area contributed by atoms with Crippen molar-refractivity contribution in [1.82, 2.24) is 15.0 Å². The van der Waals surface area contributed by atoms with Crippen molar-refractivity contribution >= 4 is 64.8 Å². The number of para-hydroxylation sites is 1. The summed E-state index contributed by atoms with van der Waals surface area (Å²) in [6.07, 6.45) is 0. The second-order valence-electron chi connectivity index (χ2n) is 15.5. The first-order valence-electron chi connectivity index (χ1n) is 20.4. The maximum absolute atomic E-state index is 5.37. The summed E-state index contributed by atoms with van der Waals surface area (Å²) in [7, 11) is 0. The molecule has 12 aromatic rings. The summed E-state index contributed by atoms with van der Waals surface area (Å²) in [4.78, 5) is 15.9. The Balaban J connectivity index is 1.05. The molecule has 0 unspecified atom stereocenters. The summed E-state index contributed by atoms with van der Waals surface area (Å²) in [5.74, 6) is 0.706. The zero-order valence-corrected chi connectivity index (χ0v) is 32.5. The highest BCUT2D eigenvalue weighted by Crippen LogP contribution is 2.43. The fraction of sp³-hybridized carbons (Fsp3) is 0. The van der Waals surface area contributed by atoms with E-state index in [-0.39, 0.29) is 0 Å². The Bertz CT molecular complexity index is 3550. The summed E-state index contributed by atoms with van der Waals surface area (Å²) >= 11 is 0. The van der Waals surface area contributed by atoms with Gasteiger partial charge in [0.1, 0.15) is 0 Å². The number of nitrogens with zero attached hydrogens (tertiary/aromatic N) is 3. The molecule has 0 amide bonds.